The van der Waals surface area contributed by atoms with Crippen molar-refractivity contribution < 1.29 is 27.5 Å². The van der Waals surface area contributed by atoms with Crippen LogP contribution in [0.5, 0.6) is 5.75 Å². The number of methoxy groups -OCH3 is 1. The molecule has 1 aliphatic rings. The van der Waals surface area contributed by atoms with Gasteiger partial charge >= 0.3 is 12.1 Å². The minimum absolute atomic E-state index is 0.311. The Bertz CT molecular complexity index is 661. The molecule has 0 saturated carbocycles. The van der Waals surface area contributed by atoms with Crippen molar-refractivity contribution in [3.8, 4) is 5.75 Å². The SMILES string of the molecule is C=CC(=O)N1CCC[C@@H](NC(=O)C(F)(F)F)[C@H]1c1ccccc1OC. The van der Waals surface area contributed by atoms with Gasteiger partial charge in [-0.15, -0.1) is 0 Å². The minimum Gasteiger partial charge on any atom is -0.496 e. The smallest absolute Gasteiger partial charge is 0.471 e. The van der Waals surface area contributed by atoms with Crippen LogP contribution in [0.2, 0.25) is 0 Å². The Kier molecular flexibility index (Phi) is 5.71. The predicted molar refractivity (Wildman–Crippen MR) is 84.9 cm³/mol. The highest BCUT2D eigenvalue weighted by Gasteiger charge is 2.43. The summed E-state index contributed by atoms with van der Waals surface area (Å²) in [5, 5.41) is 2.02. The minimum atomic E-state index is -4.99. The maximum Gasteiger partial charge on any atom is 0.471 e. The van der Waals surface area contributed by atoms with E-state index >= 15 is 0 Å². The average Bonchev–Trinajstić information content (AvgIpc) is 2.60. The van der Waals surface area contributed by atoms with Crippen molar-refractivity contribution in [2.45, 2.75) is 31.1 Å². The van der Waals surface area contributed by atoms with Gasteiger partial charge < -0.3 is 15.0 Å². The molecule has 8 heteroatoms. The van der Waals surface area contributed by atoms with E-state index in [2.05, 4.69) is 6.58 Å². The number of hydrogen-bond donors (Lipinski definition) is 1. The second-order valence-electron chi connectivity index (χ2n) is 5.64. The van der Waals surface area contributed by atoms with E-state index in [1.165, 1.54) is 12.0 Å². The molecule has 1 heterocycles. The molecule has 5 nitrogen and oxygen atoms in total. The predicted octanol–water partition coefficient (Wildman–Crippen LogP) is 2.59. The summed E-state index contributed by atoms with van der Waals surface area (Å²) in [5.41, 5.74) is 0.535. The lowest BCUT2D eigenvalue weighted by atomic mass is 9.89. The standard InChI is InChI=1S/C17H19F3N2O3/c1-3-14(23)22-10-6-8-12(21-16(24)17(18,19)20)15(22)11-7-4-5-9-13(11)25-2/h3-5,7,9,12,15H,1,6,8,10H2,2H3,(H,21,24)/t12-,15-/m1/s1. The Morgan fingerprint density at radius 3 is 2.64 bits per heavy atom. The molecule has 0 radical (unpaired) electrons. The van der Waals surface area contributed by atoms with Crippen LogP contribution < -0.4 is 10.1 Å². The van der Waals surface area contributed by atoms with Crippen molar-refractivity contribution in [1.29, 1.82) is 0 Å². The summed E-state index contributed by atoms with van der Waals surface area (Å²) in [5.74, 6) is -2.00. The number of piperidine rings is 1. The van der Waals surface area contributed by atoms with Crippen molar-refractivity contribution in [3.05, 3.63) is 42.5 Å². The fourth-order valence-corrected chi connectivity index (χ4v) is 3.06. The number of alkyl halides is 3. The van der Waals surface area contributed by atoms with Gasteiger partial charge in [0.25, 0.3) is 0 Å². The number of hydrogen-bond acceptors (Lipinski definition) is 3. The molecule has 1 saturated heterocycles. The fourth-order valence-electron chi connectivity index (χ4n) is 3.06. The third-order valence-electron chi connectivity index (χ3n) is 4.12. The molecule has 25 heavy (non-hydrogen) atoms. The Morgan fingerprint density at radius 1 is 1.36 bits per heavy atom. The van der Waals surface area contributed by atoms with Crippen LogP contribution in [-0.4, -0.2) is 42.6 Å². The van der Waals surface area contributed by atoms with Crippen LogP contribution in [-0.2, 0) is 9.59 Å². The summed E-state index contributed by atoms with van der Waals surface area (Å²) in [4.78, 5) is 25.0. The van der Waals surface area contributed by atoms with Gasteiger partial charge in [-0.1, -0.05) is 24.8 Å². The van der Waals surface area contributed by atoms with Gasteiger partial charge in [-0.3, -0.25) is 9.59 Å². The molecule has 1 aliphatic heterocycles. The maximum absolute atomic E-state index is 12.7. The van der Waals surface area contributed by atoms with E-state index in [9.17, 15) is 22.8 Å². The van der Waals surface area contributed by atoms with E-state index < -0.39 is 30.1 Å². The van der Waals surface area contributed by atoms with Crippen LogP contribution >= 0.6 is 0 Å². The molecule has 1 aromatic carbocycles. The van der Waals surface area contributed by atoms with E-state index in [0.29, 0.717) is 30.7 Å². The van der Waals surface area contributed by atoms with Crippen LogP contribution in [0.3, 0.4) is 0 Å². The van der Waals surface area contributed by atoms with E-state index in [1.807, 2.05) is 5.32 Å². The molecule has 1 N–H and O–H groups in total. The lowest BCUT2D eigenvalue weighted by Gasteiger charge is -2.42. The lowest BCUT2D eigenvalue weighted by molar-refractivity contribution is -0.175. The number of carbonyl (C=O) groups is 2. The molecule has 0 bridgehead atoms. The monoisotopic (exact) mass is 356 g/mol. The van der Waals surface area contributed by atoms with Gasteiger partial charge in [0.2, 0.25) is 5.91 Å². The fraction of sp³-hybridized carbons (Fsp3) is 0.412. The highest BCUT2D eigenvalue weighted by Crippen LogP contribution is 2.37. The highest BCUT2D eigenvalue weighted by molar-refractivity contribution is 5.88. The Labute approximate surface area is 143 Å². The molecule has 1 fully saturated rings. The molecule has 2 amide bonds. The van der Waals surface area contributed by atoms with Crippen LogP contribution in [0.25, 0.3) is 0 Å². The summed E-state index contributed by atoms with van der Waals surface area (Å²) < 4.78 is 43.3. The summed E-state index contributed by atoms with van der Waals surface area (Å²) in [6.07, 6.45) is -3.11. The number of carbonyl (C=O) groups excluding carboxylic acids is 2. The second-order valence-corrected chi connectivity index (χ2v) is 5.64. The van der Waals surface area contributed by atoms with Crippen LogP contribution in [0, 0.1) is 0 Å². The normalized spacial score (nSPS) is 20.7. The number of para-hydroxylation sites is 1. The molecular formula is C17H19F3N2O3. The van der Waals surface area contributed by atoms with Crippen molar-refractivity contribution in [3.63, 3.8) is 0 Å². The lowest BCUT2D eigenvalue weighted by Crippen LogP contribution is -2.54. The number of benzene rings is 1. The first-order valence-corrected chi connectivity index (χ1v) is 7.73. The van der Waals surface area contributed by atoms with Gasteiger partial charge in [-0.25, -0.2) is 0 Å². The van der Waals surface area contributed by atoms with Gasteiger partial charge in [0.15, 0.2) is 0 Å². The van der Waals surface area contributed by atoms with E-state index in [0.717, 1.165) is 6.08 Å². The van der Waals surface area contributed by atoms with Gasteiger partial charge in [0.1, 0.15) is 5.75 Å². The number of halogens is 3. The quantitative estimate of drug-likeness (QED) is 0.844. The van der Waals surface area contributed by atoms with E-state index in [1.54, 1.807) is 24.3 Å². The molecular weight excluding hydrogens is 337 g/mol. The van der Waals surface area contributed by atoms with Crippen LogP contribution in [0.15, 0.2) is 36.9 Å². The average molecular weight is 356 g/mol. The number of nitrogens with one attached hydrogen (secondary N) is 1. The number of rotatable bonds is 4. The second kappa shape index (κ2) is 7.58. The number of likely N-dealkylation sites (tertiary alicyclic amines) is 1. The highest BCUT2D eigenvalue weighted by atomic mass is 19.4. The number of nitrogens with zero attached hydrogens (tertiary/aromatic N) is 1. The Hall–Kier alpha value is -2.51. The van der Waals surface area contributed by atoms with Crippen molar-refractivity contribution >= 4 is 11.8 Å². The van der Waals surface area contributed by atoms with E-state index in [-0.39, 0.29) is 0 Å². The Morgan fingerprint density at radius 2 is 2.04 bits per heavy atom. The molecule has 0 aromatic heterocycles. The summed E-state index contributed by atoms with van der Waals surface area (Å²) in [6, 6.07) is 5.08. The third kappa shape index (κ3) is 4.12. The zero-order valence-corrected chi connectivity index (χ0v) is 13.7. The largest absolute Gasteiger partial charge is 0.496 e. The van der Waals surface area contributed by atoms with Crippen molar-refractivity contribution in [1.82, 2.24) is 10.2 Å². The van der Waals surface area contributed by atoms with E-state index in [4.69, 9.17) is 4.74 Å². The summed E-state index contributed by atoms with van der Waals surface area (Å²) in [7, 11) is 1.44. The molecule has 2 rings (SSSR count). The number of ether oxygens (including phenoxy) is 1. The first-order valence-electron chi connectivity index (χ1n) is 7.73. The van der Waals surface area contributed by atoms with Crippen molar-refractivity contribution in [2.24, 2.45) is 0 Å². The first-order chi connectivity index (χ1) is 11.8. The molecule has 0 unspecified atom stereocenters. The molecule has 0 aliphatic carbocycles. The molecule has 2 atom stereocenters. The van der Waals surface area contributed by atoms with Crippen LogP contribution in [0.1, 0.15) is 24.4 Å². The maximum atomic E-state index is 12.7. The van der Waals surface area contributed by atoms with Gasteiger partial charge in [-0.05, 0) is 25.0 Å². The number of amides is 2. The molecule has 0 spiro atoms. The summed E-state index contributed by atoms with van der Waals surface area (Å²) >= 11 is 0. The first kappa shape index (κ1) is 18.8. The third-order valence-corrected chi connectivity index (χ3v) is 4.12. The zero-order chi connectivity index (χ0) is 18.6. The van der Waals surface area contributed by atoms with Gasteiger partial charge in [-0.2, -0.15) is 13.2 Å². The zero-order valence-electron chi connectivity index (χ0n) is 13.7. The Balaban J connectivity index is 2.44. The topological polar surface area (TPSA) is 58.6 Å². The molecule has 136 valence electrons. The van der Waals surface area contributed by atoms with Gasteiger partial charge in [0, 0.05) is 12.1 Å². The van der Waals surface area contributed by atoms with Gasteiger partial charge in [0.05, 0.1) is 19.2 Å². The van der Waals surface area contributed by atoms with Crippen LogP contribution in [0.4, 0.5) is 13.2 Å². The summed E-state index contributed by atoms with van der Waals surface area (Å²) in [6.45, 7) is 3.80. The van der Waals surface area contributed by atoms with Crippen molar-refractivity contribution in [2.75, 3.05) is 13.7 Å². The molecule has 1 aromatic rings.